The molecular formula is C15H22ClFIN3O2S. The van der Waals surface area contributed by atoms with Crippen molar-refractivity contribution in [3.05, 3.63) is 34.6 Å². The molecule has 1 aromatic rings. The van der Waals surface area contributed by atoms with Crippen molar-refractivity contribution < 1.29 is 12.8 Å². The van der Waals surface area contributed by atoms with Crippen LogP contribution >= 0.6 is 35.6 Å². The van der Waals surface area contributed by atoms with E-state index < -0.39 is 9.84 Å². The summed E-state index contributed by atoms with van der Waals surface area (Å²) in [5.41, 5.74) is 0.830. The van der Waals surface area contributed by atoms with E-state index in [1.807, 2.05) is 6.92 Å². The van der Waals surface area contributed by atoms with Crippen LogP contribution in [0.3, 0.4) is 0 Å². The molecule has 1 aliphatic heterocycles. The minimum atomic E-state index is -2.93. The molecule has 0 aliphatic carbocycles. The van der Waals surface area contributed by atoms with Gasteiger partial charge in [-0.15, -0.1) is 24.0 Å². The van der Waals surface area contributed by atoms with Crippen LogP contribution in [0.1, 0.15) is 18.9 Å². The fraction of sp³-hybridized carbons (Fsp3) is 0.533. The normalized spacial score (nSPS) is 19.6. The zero-order valence-corrected chi connectivity index (χ0v) is 17.3. The van der Waals surface area contributed by atoms with E-state index in [2.05, 4.69) is 15.6 Å². The van der Waals surface area contributed by atoms with Gasteiger partial charge in [0.1, 0.15) is 5.82 Å². The highest BCUT2D eigenvalue weighted by Gasteiger charge is 2.28. The van der Waals surface area contributed by atoms with E-state index in [1.54, 1.807) is 6.07 Å². The average Bonchev–Trinajstić information content (AvgIpc) is 2.80. The molecule has 0 radical (unpaired) electrons. The summed E-state index contributed by atoms with van der Waals surface area (Å²) in [5, 5.41) is 6.64. The van der Waals surface area contributed by atoms with Crippen molar-refractivity contribution in [2.75, 3.05) is 24.6 Å². The van der Waals surface area contributed by atoms with Crippen LogP contribution in [0.2, 0.25) is 5.02 Å². The molecule has 0 saturated carbocycles. The average molecular weight is 490 g/mol. The van der Waals surface area contributed by atoms with Crippen LogP contribution < -0.4 is 10.6 Å². The molecule has 136 valence electrons. The van der Waals surface area contributed by atoms with Gasteiger partial charge in [0, 0.05) is 24.2 Å². The lowest BCUT2D eigenvalue weighted by atomic mass is 10.1. The molecule has 0 spiro atoms. The summed E-state index contributed by atoms with van der Waals surface area (Å²) in [4.78, 5) is 4.43. The number of aliphatic imine (C=N–C) groups is 1. The molecule has 24 heavy (non-hydrogen) atoms. The zero-order valence-electron chi connectivity index (χ0n) is 13.4. The van der Waals surface area contributed by atoms with E-state index in [0.717, 1.165) is 5.56 Å². The topological polar surface area (TPSA) is 70.6 Å². The van der Waals surface area contributed by atoms with Crippen LogP contribution in [0, 0.1) is 5.82 Å². The molecule has 9 heteroatoms. The number of nitrogens with zero attached hydrogens (tertiary/aromatic N) is 1. The Morgan fingerprint density at radius 2 is 2.21 bits per heavy atom. The predicted octanol–water partition coefficient (Wildman–Crippen LogP) is 2.38. The molecule has 2 rings (SSSR count). The van der Waals surface area contributed by atoms with Crippen molar-refractivity contribution in [2.24, 2.45) is 4.99 Å². The Kier molecular flexibility index (Phi) is 8.72. The zero-order chi connectivity index (χ0) is 16.9. The highest BCUT2D eigenvalue weighted by Crippen LogP contribution is 2.17. The van der Waals surface area contributed by atoms with Gasteiger partial charge in [0.25, 0.3) is 0 Å². The minimum absolute atomic E-state index is 0. The van der Waals surface area contributed by atoms with E-state index in [1.165, 1.54) is 12.1 Å². The third-order valence-corrected chi connectivity index (χ3v) is 5.70. The van der Waals surface area contributed by atoms with Crippen LogP contribution in [-0.2, 0) is 16.3 Å². The summed E-state index contributed by atoms with van der Waals surface area (Å²) in [6.45, 7) is 3.10. The lowest BCUT2D eigenvalue weighted by Crippen LogP contribution is -2.44. The second kappa shape index (κ2) is 9.76. The van der Waals surface area contributed by atoms with Crippen molar-refractivity contribution >= 4 is 51.4 Å². The quantitative estimate of drug-likeness (QED) is 0.379. The van der Waals surface area contributed by atoms with Gasteiger partial charge in [0.15, 0.2) is 15.8 Å². The van der Waals surface area contributed by atoms with Crippen LogP contribution in [0.25, 0.3) is 0 Å². The monoisotopic (exact) mass is 489 g/mol. The Labute approximate surface area is 164 Å². The minimum Gasteiger partial charge on any atom is -0.357 e. The Hall–Kier alpha value is -0.610. The molecule has 1 unspecified atom stereocenters. The van der Waals surface area contributed by atoms with Crippen LogP contribution in [0.15, 0.2) is 23.2 Å². The number of halogens is 3. The van der Waals surface area contributed by atoms with E-state index in [9.17, 15) is 12.8 Å². The molecule has 1 saturated heterocycles. The Bertz CT molecular complexity index is 685. The Morgan fingerprint density at radius 1 is 1.46 bits per heavy atom. The molecule has 1 aromatic carbocycles. The Balaban J connectivity index is 0.00000288. The third kappa shape index (κ3) is 6.72. The highest BCUT2D eigenvalue weighted by molar-refractivity contribution is 14.0. The fourth-order valence-electron chi connectivity index (χ4n) is 2.43. The van der Waals surface area contributed by atoms with E-state index in [-0.39, 0.29) is 47.3 Å². The molecular weight excluding hydrogens is 468 g/mol. The summed E-state index contributed by atoms with van der Waals surface area (Å²) >= 11 is 5.99. The van der Waals surface area contributed by atoms with Crippen molar-refractivity contribution in [3.63, 3.8) is 0 Å². The van der Waals surface area contributed by atoms with Crippen LogP contribution in [0.5, 0.6) is 0 Å². The molecule has 0 aromatic heterocycles. The predicted molar refractivity (Wildman–Crippen MR) is 107 cm³/mol. The summed E-state index contributed by atoms with van der Waals surface area (Å²) in [6, 6.07) is 4.20. The molecule has 1 heterocycles. The molecule has 1 atom stereocenters. The van der Waals surface area contributed by atoms with Crippen LogP contribution in [0.4, 0.5) is 4.39 Å². The van der Waals surface area contributed by atoms with E-state index >= 15 is 0 Å². The van der Waals surface area contributed by atoms with Crippen LogP contribution in [-0.4, -0.2) is 45.0 Å². The smallest absolute Gasteiger partial charge is 0.191 e. The molecule has 1 aliphatic rings. The number of hydrogen-bond donors (Lipinski definition) is 2. The first-order valence-corrected chi connectivity index (χ1v) is 9.79. The van der Waals surface area contributed by atoms with Gasteiger partial charge in [0.2, 0.25) is 0 Å². The maximum absolute atomic E-state index is 13.0. The summed E-state index contributed by atoms with van der Waals surface area (Å²) < 4.78 is 36.0. The number of hydrogen-bond acceptors (Lipinski definition) is 3. The molecule has 0 bridgehead atoms. The first-order chi connectivity index (χ1) is 10.9. The van der Waals surface area contributed by atoms with Crippen molar-refractivity contribution in [1.29, 1.82) is 0 Å². The van der Waals surface area contributed by atoms with Gasteiger partial charge < -0.3 is 10.6 Å². The standard InChI is InChI=1S/C15H21ClFN3O2S.HI/c1-2-18-15(20-13-6-8-23(21,22)10-13)19-7-5-11-3-4-12(17)9-14(11)16;/h3-4,9,13H,2,5-8,10H2,1H3,(H2,18,19,20);1H. The largest absolute Gasteiger partial charge is 0.357 e. The van der Waals surface area contributed by atoms with Gasteiger partial charge in [-0.2, -0.15) is 0 Å². The van der Waals surface area contributed by atoms with Gasteiger partial charge in [0.05, 0.1) is 11.5 Å². The summed E-state index contributed by atoms with van der Waals surface area (Å²) in [6.07, 6.45) is 1.18. The van der Waals surface area contributed by atoms with Crippen molar-refractivity contribution in [2.45, 2.75) is 25.8 Å². The van der Waals surface area contributed by atoms with Gasteiger partial charge >= 0.3 is 0 Å². The van der Waals surface area contributed by atoms with Gasteiger partial charge in [-0.1, -0.05) is 17.7 Å². The fourth-order valence-corrected chi connectivity index (χ4v) is 4.37. The number of rotatable bonds is 5. The SMILES string of the molecule is CCNC(=NCCc1ccc(F)cc1Cl)NC1CCS(=O)(=O)C1.I. The van der Waals surface area contributed by atoms with E-state index in [4.69, 9.17) is 11.6 Å². The second-order valence-corrected chi connectivity index (χ2v) is 8.13. The van der Waals surface area contributed by atoms with Crippen molar-refractivity contribution in [3.8, 4) is 0 Å². The number of nitrogens with one attached hydrogen (secondary N) is 2. The number of guanidine groups is 1. The maximum Gasteiger partial charge on any atom is 0.191 e. The van der Waals surface area contributed by atoms with Gasteiger partial charge in [-0.25, -0.2) is 12.8 Å². The molecule has 2 N–H and O–H groups in total. The highest BCUT2D eigenvalue weighted by atomic mass is 127. The summed E-state index contributed by atoms with van der Waals surface area (Å²) in [7, 11) is -2.93. The first-order valence-electron chi connectivity index (χ1n) is 7.59. The molecule has 1 fully saturated rings. The maximum atomic E-state index is 13.0. The number of sulfone groups is 1. The molecule has 5 nitrogen and oxygen atoms in total. The van der Waals surface area contributed by atoms with Crippen molar-refractivity contribution in [1.82, 2.24) is 10.6 Å². The van der Waals surface area contributed by atoms with E-state index in [0.29, 0.717) is 36.9 Å². The number of benzene rings is 1. The van der Waals surface area contributed by atoms with Gasteiger partial charge in [-0.05, 0) is 37.5 Å². The third-order valence-electron chi connectivity index (χ3n) is 3.58. The Morgan fingerprint density at radius 3 is 2.79 bits per heavy atom. The summed E-state index contributed by atoms with van der Waals surface area (Å²) in [5.74, 6) is 0.587. The lowest BCUT2D eigenvalue weighted by molar-refractivity contribution is 0.599. The first kappa shape index (κ1) is 21.4. The van der Waals surface area contributed by atoms with Gasteiger partial charge in [-0.3, -0.25) is 4.99 Å². The second-order valence-electron chi connectivity index (χ2n) is 5.49. The molecule has 0 amide bonds. The lowest BCUT2D eigenvalue weighted by Gasteiger charge is -2.15.